The van der Waals surface area contributed by atoms with Crippen LogP contribution in [0.15, 0.2) is 194 Å². The summed E-state index contributed by atoms with van der Waals surface area (Å²) >= 11 is 1.89. The molecule has 0 bridgehead atoms. The quantitative estimate of drug-likeness (QED) is 0.174. The van der Waals surface area contributed by atoms with Crippen LogP contribution in [0, 0.1) is 0 Å². The van der Waals surface area contributed by atoms with Gasteiger partial charge in [-0.15, -0.1) is 11.3 Å². The Morgan fingerprint density at radius 1 is 0.500 bits per heavy atom. The van der Waals surface area contributed by atoms with Crippen LogP contribution in [-0.2, 0) is 0 Å². The van der Waals surface area contributed by atoms with Gasteiger partial charge in [-0.3, -0.25) is 0 Å². The van der Waals surface area contributed by atoms with E-state index in [-0.39, 0.29) is 12.2 Å². The molecule has 4 heteroatoms. The molecule has 0 fully saturated rings. The van der Waals surface area contributed by atoms with Crippen molar-refractivity contribution in [1.82, 2.24) is 9.88 Å². The maximum atomic E-state index is 4.07. The zero-order valence-corrected chi connectivity index (χ0v) is 32.9. The molecule has 10 aromatic rings. The second-order valence-electron chi connectivity index (χ2n) is 15.5. The lowest BCUT2D eigenvalue weighted by Gasteiger charge is -2.24. The first-order chi connectivity index (χ1) is 28.7. The summed E-state index contributed by atoms with van der Waals surface area (Å²) in [6, 6.07) is 71.5. The van der Waals surface area contributed by atoms with Gasteiger partial charge in [-0.05, 0) is 95.3 Å². The fraction of sp³-hybridized carbons (Fsp3) is 0.0926. The van der Waals surface area contributed by atoms with E-state index in [1.54, 1.807) is 0 Å². The highest BCUT2D eigenvalue weighted by Gasteiger charge is 2.27. The summed E-state index contributed by atoms with van der Waals surface area (Å²) in [5.41, 5.74) is 13.6. The molecule has 278 valence electrons. The van der Waals surface area contributed by atoms with Crippen molar-refractivity contribution < 1.29 is 4.99 Å². The largest absolute Gasteiger partial charge is 0.309 e. The van der Waals surface area contributed by atoms with Gasteiger partial charge in [0.15, 0.2) is 5.71 Å². The molecule has 2 aromatic heterocycles. The van der Waals surface area contributed by atoms with Crippen LogP contribution in [0.4, 0.5) is 0 Å². The van der Waals surface area contributed by atoms with E-state index in [2.05, 4.69) is 209 Å². The van der Waals surface area contributed by atoms with Gasteiger partial charge in [0.05, 0.1) is 11.0 Å². The topological polar surface area (TPSA) is 30.9 Å². The first-order valence-corrected chi connectivity index (χ1v) is 21.2. The molecular weight excluding hydrogens is 723 g/mol. The van der Waals surface area contributed by atoms with Crippen LogP contribution in [0.5, 0.6) is 0 Å². The molecule has 2 N–H and O–H groups in total. The molecule has 3 nitrogen and oxygen atoms in total. The fourth-order valence-corrected chi connectivity index (χ4v) is 10.4. The normalized spacial score (nSPS) is 17.0. The molecule has 0 saturated heterocycles. The number of aromatic nitrogens is 1. The Hall–Kier alpha value is -6.59. The van der Waals surface area contributed by atoms with E-state index >= 15 is 0 Å². The van der Waals surface area contributed by atoms with Gasteiger partial charge in [-0.25, -0.2) is 10.3 Å². The number of hydrogen-bond acceptors (Lipinski definition) is 2. The monoisotopic (exact) mass is 764 g/mol. The number of rotatable bonds is 6. The highest BCUT2D eigenvalue weighted by molar-refractivity contribution is 7.26. The Morgan fingerprint density at radius 3 is 1.93 bits per heavy atom. The van der Waals surface area contributed by atoms with E-state index in [9.17, 15) is 0 Å². The average molecular weight is 765 g/mol. The first kappa shape index (κ1) is 34.6. The van der Waals surface area contributed by atoms with Crippen molar-refractivity contribution in [2.75, 3.05) is 0 Å². The molecule has 0 saturated carbocycles. The molecule has 0 amide bonds. The minimum atomic E-state index is -0.0909. The first-order valence-electron chi connectivity index (χ1n) is 20.4. The SMILES string of the molecule is c1ccc(/C2=[NH+]/C(c3cccc(-n4c5ccc(-c6ccccc6)cc5c5cc(-c6cccc7c6sc6ccccc67)ccc54)c3)NC(c3ccccc3)CCC2)cc1. The predicted molar refractivity (Wildman–Crippen MR) is 245 cm³/mol. The summed E-state index contributed by atoms with van der Waals surface area (Å²) in [6.45, 7) is 0. The molecule has 0 spiro atoms. The molecule has 2 atom stereocenters. The molecular formula is C54H42N3S+. The standard InChI is InChI=1S/C54H41N3S/c1-4-15-36(16-5-1)39-29-31-50-46(34-39)47-35-40(43-24-13-25-45-44-23-10-11-28-52(44)58-53(43)45)30-32-51(47)57(50)42-22-12-21-41(33-42)54-55-48(37-17-6-2-7-18-37)26-14-27-49(56-54)38-19-8-3-9-20-38/h1-13,15-25,28-35,48,54-55H,14,26-27H2/p+1/b56-49+. The van der Waals surface area contributed by atoms with Gasteiger partial charge in [0.2, 0.25) is 6.17 Å². The third-order valence-electron chi connectivity index (χ3n) is 12.0. The Balaban J connectivity index is 1.08. The summed E-state index contributed by atoms with van der Waals surface area (Å²) < 4.78 is 5.13. The van der Waals surface area contributed by atoms with Gasteiger partial charge in [0, 0.05) is 60.2 Å². The molecule has 0 aliphatic carbocycles. The maximum Gasteiger partial charge on any atom is 0.231 e. The van der Waals surface area contributed by atoms with Crippen molar-refractivity contribution in [3.8, 4) is 27.9 Å². The van der Waals surface area contributed by atoms with Crippen LogP contribution < -0.4 is 10.3 Å². The summed E-state index contributed by atoms with van der Waals surface area (Å²) in [4.78, 5) is 4.01. The van der Waals surface area contributed by atoms with E-state index < -0.39 is 0 Å². The fourth-order valence-electron chi connectivity index (χ4n) is 9.15. The summed E-state index contributed by atoms with van der Waals surface area (Å²) in [6.07, 6.45) is 3.07. The van der Waals surface area contributed by atoms with Gasteiger partial charge in [-0.1, -0.05) is 140 Å². The lowest BCUT2D eigenvalue weighted by Crippen LogP contribution is -2.79. The van der Waals surface area contributed by atoms with E-state index in [1.165, 1.54) is 86.6 Å². The van der Waals surface area contributed by atoms with Crippen molar-refractivity contribution in [3.63, 3.8) is 0 Å². The Bertz CT molecular complexity index is 3120. The molecule has 0 radical (unpaired) electrons. The smallest absolute Gasteiger partial charge is 0.231 e. The Kier molecular flexibility index (Phi) is 8.80. The lowest BCUT2D eigenvalue weighted by atomic mass is 9.95. The number of hydrogen-bond donors (Lipinski definition) is 2. The number of fused-ring (bicyclic) bond motifs is 6. The second-order valence-corrected chi connectivity index (χ2v) is 16.5. The van der Waals surface area contributed by atoms with Crippen molar-refractivity contribution in [2.45, 2.75) is 31.5 Å². The highest BCUT2D eigenvalue weighted by atomic mass is 32.1. The zero-order valence-electron chi connectivity index (χ0n) is 32.1. The molecule has 8 aromatic carbocycles. The van der Waals surface area contributed by atoms with Crippen molar-refractivity contribution >= 4 is 59.0 Å². The van der Waals surface area contributed by atoms with Crippen LogP contribution in [0.25, 0.3) is 69.9 Å². The summed E-state index contributed by atoms with van der Waals surface area (Å²) in [5.74, 6) is 0. The van der Waals surface area contributed by atoms with Crippen LogP contribution >= 0.6 is 11.3 Å². The number of benzene rings is 8. The predicted octanol–water partition coefficient (Wildman–Crippen LogP) is 12.6. The third-order valence-corrected chi connectivity index (χ3v) is 13.2. The Labute approximate surface area is 342 Å². The van der Waals surface area contributed by atoms with Gasteiger partial charge in [0.1, 0.15) is 0 Å². The average Bonchev–Trinajstić information content (AvgIpc) is 3.83. The molecule has 58 heavy (non-hydrogen) atoms. The zero-order chi connectivity index (χ0) is 38.4. The highest BCUT2D eigenvalue weighted by Crippen LogP contribution is 2.42. The van der Waals surface area contributed by atoms with E-state index in [1.807, 2.05) is 11.3 Å². The Morgan fingerprint density at radius 2 is 1.14 bits per heavy atom. The molecule has 1 aliphatic heterocycles. The molecule has 3 heterocycles. The van der Waals surface area contributed by atoms with Crippen LogP contribution in [0.1, 0.15) is 48.2 Å². The van der Waals surface area contributed by atoms with Gasteiger partial charge >= 0.3 is 0 Å². The minimum Gasteiger partial charge on any atom is -0.309 e. The minimum absolute atomic E-state index is 0.0909. The second kappa shape index (κ2) is 14.7. The summed E-state index contributed by atoms with van der Waals surface area (Å²) in [7, 11) is 0. The van der Waals surface area contributed by atoms with Crippen LogP contribution in [0.3, 0.4) is 0 Å². The molecule has 2 unspecified atom stereocenters. The van der Waals surface area contributed by atoms with Crippen LogP contribution in [0.2, 0.25) is 0 Å². The lowest BCUT2D eigenvalue weighted by molar-refractivity contribution is -0.521. The van der Waals surface area contributed by atoms with Gasteiger partial charge in [0.25, 0.3) is 0 Å². The van der Waals surface area contributed by atoms with E-state index in [0.29, 0.717) is 0 Å². The van der Waals surface area contributed by atoms with Crippen molar-refractivity contribution in [3.05, 3.63) is 211 Å². The third kappa shape index (κ3) is 6.22. The van der Waals surface area contributed by atoms with E-state index in [4.69, 9.17) is 0 Å². The van der Waals surface area contributed by atoms with Crippen molar-refractivity contribution in [1.29, 1.82) is 0 Å². The molecule has 1 aliphatic rings. The maximum absolute atomic E-state index is 4.07. The van der Waals surface area contributed by atoms with E-state index in [0.717, 1.165) is 24.9 Å². The van der Waals surface area contributed by atoms with Crippen LogP contribution in [-0.4, -0.2) is 10.3 Å². The molecule has 11 rings (SSSR count). The van der Waals surface area contributed by atoms with Crippen molar-refractivity contribution in [2.24, 2.45) is 0 Å². The number of thiophene rings is 1. The number of nitrogens with zero attached hydrogens (tertiary/aromatic N) is 1. The summed E-state index contributed by atoms with van der Waals surface area (Å²) in [5, 5.41) is 9.22. The number of nitrogens with one attached hydrogen (secondary N) is 2. The van der Waals surface area contributed by atoms with Gasteiger partial charge in [-0.2, -0.15) is 0 Å². The van der Waals surface area contributed by atoms with Gasteiger partial charge < -0.3 is 4.57 Å².